The molecule has 4 nitrogen and oxygen atoms in total. The largest absolute Gasteiger partial charge is 0.466 e. The van der Waals surface area contributed by atoms with E-state index in [1.807, 2.05) is 72.8 Å². The molecule has 0 heterocycles. The van der Waals surface area contributed by atoms with E-state index in [4.69, 9.17) is 4.74 Å². The van der Waals surface area contributed by atoms with Crippen molar-refractivity contribution in [3.05, 3.63) is 95.6 Å². The molecule has 0 spiro atoms. The smallest absolute Gasteiger partial charge is 0.338 e. The van der Waals surface area contributed by atoms with Crippen molar-refractivity contribution in [3.63, 3.8) is 0 Å². The zero-order valence-corrected chi connectivity index (χ0v) is 14.7. The van der Waals surface area contributed by atoms with Crippen LogP contribution in [0.25, 0.3) is 11.6 Å². The van der Waals surface area contributed by atoms with Crippen LogP contribution < -0.4 is 0 Å². The molecule has 0 N–H and O–H groups in total. The molecule has 132 valence electrons. The summed E-state index contributed by atoms with van der Waals surface area (Å²) in [4.78, 5) is 24.0. The lowest BCUT2D eigenvalue weighted by Gasteiger charge is -2.10. The molecule has 0 saturated carbocycles. The lowest BCUT2D eigenvalue weighted by molar-refractivity contribution is -0.138. The Bertz CT molecular complexity index is 831. The van der Waals surface area contributed by atoms with E-state index < -0.39 is 11.9 Å². The summed E-state index contributed by atoms with van der Waals surface area (Å²) < 4.78 is 9.51. The molecule has 0 radical (unpaired) electrons. The van der Waals surface area contributed by atoms with E-state index in [9.17, 15) is 9.59 Å². The Morgan fingerprint density at radius 1 is 0.846 bits per heavy atom. The minimum Gasteiger partial charge on any atom is -0.466 e. The highest BCUT2D eigenvalue weighted by Gasteiger charge is 2.18. The monoisotopic (exact) mass is 348 g/mol. The van der Waals surface area contributed by atoms with Crippen molar-refractivity contribution >= 4 is 23.6 Å². The molecule has 0 atom stereocenters. The van der Waals surface area contributed by atoms with Crippen molar-refractivity contribution in [2.75, 3.05) is 14.2 Å². The van der Waals surface area contributed by atoms with Gasteiger partial charge < -0.3 is 9.47 Å². The van der Waals surface area contributed by atoms with Crippen molar-refractivity contribution in [1.29, 1.82) is 0 Å². The Morgan fingerprint density at radius 3 is 2.04 bits per heavy atom. The molecule has 0 aliphatic heterocycles. The van der Waals surface area contributed by atoms with Gasteiger partial charge in [-0.25, -0.2) is 9.59 Å². The van der Waals surface area contributed by atoms with E-state index in [-0.39, 0.29) is 5.57 Å². The predicted molar refractivity (Wildman–Crippen MR) is 102 cm³/mol. The molecular formula is C22H20O4. The van der Waals surface area contributed by atoms with E-state index in [0.717, 1.165) is 17.2 Å². The maximum Gasteiger partial charge on any atom is 0.338 e. The van der Waals surface area contributed by atoms with Crippen LogP contribution in [0.5, 0.6) is 0 Å². The average Bonchev–Trinajstić information content (AvgIpc) is 2.70. The normalized spacial score (nSPS) is 12.1. The van der Waals surface area contributed by atoms with E-state index in [1.54, 1.807) is 6.08 Å². The molecule has 0 unspecified atom stereocenters. The number of hydrogen-bond acceptors (Lipinski definition) is 4. The fourth-order valence-electron chi connectivity index (χ4n) is 2.31. The van der Waals surface area contributed by atoms with Crippen LogP contribution >= 0.6 is 0 Å². The van der Waals surface area contributed by atoms with Crippen molar-refractivity contribution < 1.29 is 19.1 Å². The molecule has 2 rings (SSSR count). The van der Waals surface area contributed by atoms with Crippen LogP contribution in [0.3, 0.4) is 0 Å². The number of benzene rings is 2. The van der Waals surface area contributed by atoms with Gasteiger partial charge in [-0.05, 0) is 16.7 Å². The minimum atomic E-state index is -0.626. The third-order valence-corrected chi connectivity index (χ3v) is 3.59. The summed E-state index contributed by atoms with van der Waals surface area (Å²) in [6.45, 7) is 0. The first kappa shape index (κ1) is 18.9. The molecule has 26 heavy (non-hydrogen) atoms. The van der Waals surface area contributed by atoms with Gasteiger partial charge in [-0.2, -0.15) is 0 Å². The van der Waals surface area contributed by atoms with Gasteiger partial charge in [0.25, 0.3) is 0 Å². The number of allylic oxidation sites excluding steroid dienone is 2. The highest BCUT2D eigenvalue weighted by molar-refractivity contribution is 6.10. The van der Waals surface area contributed by atoms with Crippen molar-refractivity contribution in [2.45, 2.75) is 0 Å². The van der Waals surface area contributed by atoms with Gasteiger partial charge >= 0.3 is 11.9 Å². The van der Waals surface area contributed by atoms with E-state index in [1.165, 1.54) is 14.2 Å². The van der Waals surface area contributed by atoms with Gasteiger partial charge in [-0.1, -0.05) is 78.9 Å². The van der Waals surface area contributed by atoms with Crippen LogP contribution in [0.15, 0.2) is 84.5 Å². The minimum absolute atomic E-state index is 0.128. The summed E-state index contributed by atoms with van der Waals surface area (Å²) in [5, 5.41) is 0. The quantitative estimate of drug-likeness (QED) is 0.449. The Balaban J connectivity index is 2.50. The molecule has 2 aromatic rings. The lowest BCUT2D eigenvalue weighted by atomic mass is 9.96. The fourth-order valence-corrected chi connectivity index (χ4v) is 2.31. The van der Waals surface area contributed by atoms with Gasteiger partial charge in [0.15, 0.2) is 0 Å². The SMILES string of the molecule is COC(=O)/C=C(C(=O)OC)/C(=C\C=C/c1ccccc1)c1ccccc1. The zero-order valence-electron chi connectivity index (χ0n) is 14.7. The molecule has 2 aromatic carbocycles. The zero-order chi connectivity index (χ0) is 18.8. The summed E-state index contributed by atoms with van der Waals surface area (Å²) >= 11 is 0. The summed E-state index contributed by atoms with van der Waals surface area (Å²) in [5.74, 6) is -1.24. The maximum absolute atomic E-state index is 12.2. The lowest BCUT2D eigenvalue weighted by Crippen LogP contribution is -2.10. The van der Waals surface area contributed by atoms with Gasteiger partial charge in [-0.15, -0.1) is 0 Å². The molecule has 0 aromatic heterocycles. The van der Waals surface area contributed by atoms with E-state index in [2.05, 4.69) is 4.74 Å². The number of hydrogen-bond donors (Lipinski definition) is 0. The number of esters is 2. The Labute approximate surface area is 153 Å². The Morgan fingerprint density at radius 2 is 1.46 bits per heavy atom. The van der Waals surface area contributed by atoms with Gasteiger partial charge in [0, 0.05) is 6.08 Å². The van der Waals surface area contributed by atoms with E-state index in [0.29, 0.717) is 5.57 Å². The summed E-state index contributed by atoms with van der Waals surface area (Å²) in [6, 6.07) is 19.1. The second kappa shape index (κ2) is 9.79. The highest BCUT2D eigenvalue weighted by atomic mass is 16.5. The molecule has 4 heteroatoms. The van der Waals surface area contributed by atoms with Crippen molar-refractivity contribution in [2.24, 2.45) is 0 Å². The first-order chi connectivity index (χ1) is 12.7. The number of rotatable bonds is 6. The molecule has 0 bridgehead atoms. The number of carbonyl (C=O) groups excluding carboxylic acids is 2. The second-order valence-electron chi connectivity index (χ2n) is 5.29. The molecule has 0 aliphatic carbocycles. The first-order valence-electron chi connectivity index (χ1n) is 8.03. The molecular weight excluding hydrogens is 328 g/mol. The predicted octanol–water partition coefficient (Wildman–Crippen LogP) is 4.06. The molecule has 0 aliphatic rings. The average molecular weight is 348 g/mol. The number of methoxy groups -OCH3 is 2. The first-order valence-corrected chi connectivity index (χ1v) is 8.03. The number of ether oxygens (including phenoxy) is 2. The van der Waals surface area contributed by atoms with Crippen molar-refractivity contribution in [1.82, 2.24) is 0 Å². The Kier molecular flexibility index (Phi) is 7.13. The topological polar surface area (TPSA) is 52.6 Å². The third-order valence-electron chi connectivity index (χ3n) is 3.59. The van der Waals surface area contributed by atoms with Crippen LogP contribution in [-0.2, 0) is 19.1 Å². The maximum atomic E-state index is 12.2. The standard InChI is InChI=1S/C22H20O4/c1-25-21(23)16-20(22(24)26-2)19(18-13-7-4-8-14-18)15-9-12-17-10-5-3-6-11-17/h3-16H,1-2H3/b12-9-,19-15-,20-16-. The van der Waals surface area contributed by atoms with Crippen LogP contribution in [0.2, 0.25) is 0 Å². The number of carbonyl (C=O) groups is 2. The highest BCUT2D eigenvalue weighted by Crippen LogP contribution is 2.24. The van der Waals surface area contributed by atoms with Gasteiger partial charge in [0.1, 0.15) is 0 Å². The van der Waals surface area contributed by atoms with Crippen LogP contribution in [0.1, 0.15) is 11.1 Å². The molecule has 0 fully saturated rings. The van der Waals surface area contributed by atoms with Crippen LogP contribution in [0, 0.1) is 0 Å². The summed E-state index contributed by atoms with van der Waals surface area (Å²) in [5.41, 5.74) is 2.50. The molecule has 0 amide bonds. The Hall–Kier alpha value is -3.40. The van der Waals surface area contributed by atoms with Gasteiger partial charge in [0.2, 0.25) is 0 Å². The van der Waals surface area contributed by atoms with Gasteiger partial charge in [0.05, 0.1) is 19.8 Å². The summed E-state index contributed by atoms with van der Waals surface area (Å²) in [7, 11) is 2.53. The van der Waals surface area contributed by atoms with Gasteiger partial charge in [-0.3, -0.25) is 0 Å². The van der Waals surface area contributed by atoms with E-state index >= 15 is 0 Å². The fraction of sp³-hybridized carbons (Fsp3) is 0.0909. The van der Waals surface area contributed by atoms with Crippen LogP contribution in [-0.4, -0.2) is 26.2 Å². The summed E-state index contributed by atoms with van der Waals surface area (Å²) in [6.07, 6.45) is 6.65. The second-order valence-corrected chi connectivity index (χ2v) is 5.29. The van der Waals surface area contributed by atoms with Crippen LogP contribution in [0.4, 0.5) is 0 Å². The van der Waals surface area contributed by atoms with Crippen molar-refractivity contribution in [3.8, 4) is 0 Å². The third kappa shape index (κ3) is 5.31. The molecule has 0 saturated heterocycles.